The Bertz CT molecular complexity index is 694. The van der Waals surface area contributed by atoms with Crippen molar-refractivity contribution < 1.29 is 18.4 Å². The average molecular weight is 357 g/mol. The Balaban J connectivity index is 1.99. The summed E-state index contributed by atoms with van der Waals surface area (Å²) in [6.07, 6.45) is 0.171. The lowest BCUT2D eigenvalue weighted by Gasteiger charge is -2.24. The Morgan fingerprint density at radius 2 is 2.08 bits per heavy atom. The van der Waals surface area contributed by atoms with Crippen molar-refractivity contribution in [2.24, 2.45) is 5.92 Å². The lowest BCUT2D eigenvalue weighted by atomic mass is 10.1. The molecule has 0 saturated carbocycles. The highest BCUT2D eigenvalue weighted by Gasteiger charge is 2.29. The summed E-state index contributed by atoms with van der Waals surface area (Å²) in [7, 11) is -4.06. The number of sulfonamides is 1. The summed E-state index contributed by atoms with van der Waals surface area (Å²) < 4.78 is 26.8. The van der Waals surface area contributed by atoms with Crippen LogP contribution in [0.2, 0.25) is 0 Å². The first-order valence-corrected chi connectivity index (χ1v) is 9.34. The minimum atomic E-state index is -4.06. The molecule has 9 heteroatoms. The fourth-order valence-corrected chi connectivity index (χ4v) is 4.34. The monoisotopic (exact) mass is 357 g/mol. The largest absolute Gasteiger partial charge is 0.390 e. The maximum absolute atomic E-state index is 12.3. The second-order valence-corrected chi connectivity index (χ2v) is 8.11. The minimum absolute atomic E-state index is 0.189. The molecule has 0 amide bonds. The maximum Gasteiger partial charge on any atom is 0.289 e. The number of β-amino-alcohol motifs (C(OH)–C–C–N with tert-alkyl or cyclic N) is 1. The standard InChI is InChI=1S/C15H23N3O5S/c1-11-7-12(2)17(9-11)10-13(19)8-16-24(22,23)15-6-4-3-5-14(15)18(20)21/h3-6,11-13,16,19H,7-10H2,1-2H3. The van der Waals surface area contributed by atoms with E-state index in [2.05, 4.69) is 23.5 Å². The van der Waals surface area contributed by atoms with Gasteiger partial charge in [0.1, 0.15) is 0 Å². The summed E-state index contributed by atoms with van der Waals surface area (Å²) >= 11 is 0. The minimum Gasteiger partial charge on any atom is -0.390 e. The van der Waals surface area contributed by atoms with E-state index in [4.69, 9.17) is 0 Å². The van der Waals surface area contributed by atoms with Crippen LogP contribution in [-0.2, 0) is 10.0 Å². The molecule has 1 fully saturated rings. The summed E-state index contributed by atoms with van der Waals surface area (Å²) in [4.78, 5) is 11.9. The van der Waals surface area contributed by atoms with Crippen molar-refractivity contribution in [1.29, 1.82) is 0 Å². The number of nitrogens with one attached hydrogen (secondary N) is 1. The van der Waals surface area contributed by atoms with Gasteiger partial charge in [0.05, 0.1) is 11.0 Å². The molecular formula is C15H23N3O5S. The van der Waals surface area contributed by atoms with Crippen LogP contribution in [0.5, 0.6) is 0 Å². The number of para-hydroxylation sites is 1. The van der Waals surface area contributed by atoms with Crippen LogP contribution in [0.15, 0.2) is 29.2 Å². The van der Waals surface area contributed by atoms with Gasteiger partial charge < -0.3 is 5.11 Å². The Hall–Kier alpha value is -1.55. The number of nitro benzene ring substituents is 1. The predicted octanol–water partition coefficient (Wildman–Crippen LogP) is 0.964. The van der Waals surface area contributed by atoms with Gasteiger partial charge in [-0.2, -0.15) is 0 Å². The average Bonchev–Trinajstić information content (AvgIpc) is 2.83. The van der Waals surface area contributed by atoms with Gasteiger partial charge in [0.25, 0.3) is 5.69 Å². The van der Waals surface area contributed by atoms with E-state index < -0.39 is 31.6 Å². The molecule has 1 aliphatic rings. The van der Waals surface area contributed by atoms with Gasteiger partial charge in [0.15, 0.2) is 4.90 Å². The summed E-state index contributed by atoms with van der Waals surface area (Å²) in [5.41, 5.74) is -0.485. The highest BCUT2D eigenvalue weighted by atomic mass is 32.2. The predicted molar refractivity (Wildman–Crippen MR) is 89.1 cm³/mol. The zero-order chi connectivity index (χ0) is 17.9. The maximum atomic E-state index is 12.3. The van der Waals surface area contributed by atoms with Crippen LogP contribution in [0.25, 0.3) is 0 Å². The Kier molecular flexibility index (Phi) is 5.92. The number of aliphatic hydroxyl groups is 1. The second-order valence-electron chi connectivity index (χ2n) is 6.37. The van der Waals surface area contributed by atoms with Crippen molar-refractivity contribution >= 4 is 15.7 Å². The quantitative estimate of drug-likeness (QED) is 0.555. The van der Waals surface area contributed by atoms with E-state index in [1.807, 2.05) is 0 Å². The number of likely N-dealkylation sites (tertiary alicyclic amines) is 1. The van der Waals surface area contributed by atoms with Crippen LogP contribution in [0.3, 0.4) is 0 Å². The number of hydrogen-bond acceptors (Lipinski definition) is 6. The van der Waals surface area contributed by atoms with Crippen LogP contribution in [0.1, 0.15) is 20.3 Å². The molecule has 3 atom stereocenters. The molecule has 1 saturated heterocycles. The van der Waals surface area contributed by atoms with Gasteiger partial charge in [0, 0.05) is 31.7 Å². The molecular weight excluding hydrogens is 334 g/mol. The highest BCUT2D eigenvalue weighted by molar-refractivity contribution is 7.89. The molecule has 0 bridgehead atoms. The van der Waals surface area contributed by atoms with E-state index in [-0.39, 0.29) is 6.54 Å². The third-order valence-corrected chi connectivity index (χ3v) is 5.69. The first kappa shape index (κ1) is 18.8. The van der Waals surface area contributed by atoms with Crippen LogP contribution in [0.4, 0.5) is 5.69 Å². The molecule has 2 N–H and O–H groups in total. The van der Waals surface area contributed by atoms with Gasteiger partial charge in [-0.3, -0.25) is 15.0 Å². The van der Waals surface area contributed by atoms with Crippen molar-refractivity contribution in [2.75, 3.05) is 19.6 Å². The van der Waals surface area contributed by atoms with E-state index in [1.165, 1.54) is 18.2 Å². The summed E-state index contributed by atoms with van der Waals surface area (Å²) in [5.74, 6) is 0.552. The van der Waals surface area contributed by atoms with E-state index in [1.54, 1.807) is 0 Å². The van der Waals surface area contributed by atoms with E-state index >= 15 is 0 Å². The Morgan fingerprint density at radius 1 is 1.42 bits per heavy atom. The molecule has 1 heterocycles. The third-order valence-electron chi connectivity index (χ3n) is 4.22. The van der Waals surface area contributed by atoms with Crippen LogP contribution < -0.4 is 4.72 Å². The summed E-state index contributed by atoms with van der Waals surface area (Å²) in [6.45, 7) is 5.26. The number of hydrogen-bond donors (Lipinski definition) is 2. The number of aliphatic hydroxyl groups excluding tert-OH is 1. The van der Waals surface area contributed by atoms with E-state index in [0.29, 0.717) is 18.5 Å². The number of rotatable bonds is 7. The highest BCUT2D eigenvalue weighted by Crippen LogP contribution is 2.23. The van der Waals surface area contributed by atoms with Crippen molar-refractivity contribution in [2.45, 2.75) is 37.3 Å². The van der Waals surface area contributed by atoms with Gasteiger partial charge in [-0.1, -0.05) is 19.1 Å². The third kappa shape index (κ3) is 4.50. The molecule has 1 aromatic carbocycles. The van der Waals surface area contributed by atoms with Crippen molar-refractivity contribution in [3.63, 3.8) is 0 Å². The van der Waals surface area contributed by atoms with Crippen molar-refractivity contribution in [3.05, 3.63) is 34.4 Å². The molecule has 0 aromatic heterocycles. The second kappa shape index (κ2) is 7.56. The van der Waals surface area contributed by atoms with Gasteiger partial charge in [-0.15, -0.1) is 0 Å². The topological polar surface area (TPSA) is 113 Å². The van der Waals surface area contributed by atoms with Gasteiger partial charge in [-0.05, 0) is 25.3 Å². The molecule has 2 rings (SSSR count). The molecule has 1 aromatic rings. The first-order chi connectivity index (χ1) is 11.2. The van der Waals surface area contributed by atoms with Crippen LogP contribution >= 0.6 is 0 Å². The van der Waals surface area contributed by atoms with Crippen LogP contribution in [0, 0.1) is 16.0 Å². The molecule has 1 aliphatic heterocycles. The number of nitrogens with zero attached hydrogens (tertiary/aromatic N) is 2. The molecule has 3 unspecified atom stereocenters. The van der Waals surface area contributed by atoms with E-state index in [9.17, 15) is 23.6 Å². The van der Waals surface area contributed by atoms with E-state index in [0.717, 1.165) is 19.0 Å². The summed E-state index contributed by atoms with van der Waals surface area (Å²) in [6, 6.07) is 5.49. The van der Waals surface area contributed by atoms with Gasteiger partial charge in [-0.25, -0.2) is 13.1 Å². The molecule has 134 valence electrons. The number of nitro groups is 1. The molecule has 0 spiro atoms. The Labute approximate surface area is 141 Å². The fourth-order valence-electron chi connectivity index (χ4n) is 3.09. The Morgan fingerprint density at radius 3 is 2.67 bits per heavy atom. The van der Waals surface area contributed by atoms with Gasteiger partial charge >= 0.3 is 0 Å². The van der Waals surface area contributed by atoms with Crippen molar-refractivity contribution in [3.8, 4) is 0 Å². The first-order valence-electron chi connectivity index (χ1n) is 7.86. The normalized spacial score (nSPS) is 23.3. The zero-order valence-corrected chi connectivity index (χ0v) is 14.6. The van der Waals surface area contributed by atoms with Crippen molar-refractivity contribution in [1.82, 2.24) is 9.62 Å². The molecule has 24 heavy (non-hydrogen) atoms. The van der Waals surface area contributed by atoms with Gasteiger partial charge in [0.2, 0.25) is 10.0 Å². The molecule has 8 nitrogen and oxygen atoms in total. The molecule has 0 aliphatic carbocycles. The fraction of sp³-hybridized carbons (Fsp3) is 0.600. The smallest absolute Gasteiger partial charge is 0.289 e. The lowest BCUT2D eigenvalue weighted by molar-refractivity contribution is -0.387. The zero-order valence-electron chi connectivity index (χ0n) is 13.8. The summed E-state index contributed by atoms with van der Waals surface area (Å²) in [5, 5.41) is 21.1. The lowest BCUT2D eigenvalue weighted by Crippen LogP contribution is -2.41. The SMILES string of the molecule is CC1CC(C)N(CC(O)CNS(=O)(=O)c2ccccc2[N+](=O)[O-])C1. The van der Waals surface area contributed by atoms with Crippen LogP contribution in [-0.4, -0.2) is 55.1 Å². The molecule has 0 radical (unpaired) electrons. The number of benzene rings is 1.